The van der Waals surface area contributed by atoms with Crippen LogP contribution in [0.5, 0.6) is 0 Å². The Morgan fingerprint density at radius 3 is 2.65 bits per heavy atom. The van der Waals surface area contributed by atoms with E-state index in [0.717, 1.165) is 10.6 Å². The highest BCUT2D eigenvalue weighted by Crippen LogP contribution is 2.43. The molecular formula is C12H12FN3S. The SMILES string of the molecule is Fc1ccc(C(Nc2cnns2)C2CC2)cc1. The molecule has 1 unspecified atom stereocenters. The van der Waals surface area contributed by atoms with Gasteiger partial charge in [0.1, 0.15) is 10.8 Å². The van der Waals surface area contributed by atoms with Crippen molar-refractivity contribution in [3.63, 3.8) is 0 Å². The lowest BCUT2D eigenvalue weighted by molar-refractivity contribution is 0.622. The van der Waals surface area contributed by atoms with Crippen LogP contribution < -0.4 is 5.32 Å². The lowest BCUT2D eigenvalue weighted by atomic mass is 10.0. The lowest BCUT2D eigenvalue weighted by Crippen LogP contribution is -2.12. The van der Waals surface area contributed by atoms with Gasteiger partial charge in [-0.25, -0.2) is 4.39 Å². The Kier molecular flexibility index (Phi) is 2.76. The maximum Gasteiger partial charge on any atom is 0.130 e. The fourth-order valence-electron chi connectivity index (χ4n) is 1.96. The van der Waals surface area contributed by atoms with Crippen molar-refractivity contribution in [2.24, 2.45) is 5.92 Å². The van der Waals surface area contributed by atoms with Crippen molar-refractivity contribution in [3.05, 3.63) is 41.8 Å². The highest BCUT2D eigenvalue weighted by molar-refractivity contribution is 7.09. The number of hydrogen-bond acceptors (Lipinski definition) is 4. The largest absolute Gasteiger partial charge is 0.367 e. The second kappa shape index (κ2) is 4.41. The number of anilines is 1. The second-order valence-electron chi connectivity index (χ2n) is 4.29. The zero-order valence-corrected chi connectivity index (χ0v) is 9.95. The van der Waals surface area contributed by atoms with Gasteiger partial charge in [0, 0.05) is 11.5 Å². The first-order chi connectivity index (χ1) is 8.33. The van der Waals surface area contributed by atoms with E-state index in [4.69, 9.17) is 0 Å². The van der Waals surface area contributed by atoms with Crippen LogP contribution in [-0.4, -0.2) is 9.59 Å². The van der Waals surface area contributed by atoms with Gasteiger partial charge in [-0.05, 0) is 36.5 Å². The molecule has 0 spiro atoms. The molecule has 1 saturated carbocycles. The van der Waals surface area contributed by atoms with E-state index in [2.05, 4.69) is 14.9 Å². The van der Waals surface area contributed by atoms with Gasteiger partial charge < -0.3 is 5.32 Å². The molecule has 1 heterocycles. The molecule has 5 heteroatoms. The zero-order valence-electron chi connectivity index (χ0n) is 9.14. The Morgan fingerprint density at radius 2 is 2.06 bits per heavy atom. The molecule has 1 fully saturated rings. The molecule has 0 bridgehead atoms. The number of halogens is 1. The molecule has 1 aliphatic rings. The number of hydrogen-bond donors (Lipinski definition) is 1. The molecular weight excluding hydrogens is 237 g/mol. The van der Waals surface area contributed by atoms with E-state index in [1.807, 2.05) is 12.1 Å². The Balaban J connectivity index is 1.82. The van der Waals surface area contributed by atoms with Crippen molar-refractivity contribution in [1.29, 1.82) is 0 Å². The number of aromatic nitrogens is 2. The monoisotopic (exact) mass is 249 g/mol. The summed E-state index contributed by atoms with van der Waals surface area (Å²) in [5.74, 6) is 0.449. The van der Waals surface area contributed by atoms with Gasteiger partial charge in [0.2, 0.25) is 0 Å². The van der Waals surface area contributed by atoms with Crippen LogP contribution in [0.4, 0.5) is 9.39 Å². The van der Waals surface area contributed by atoms with E-state index in [1.165, 1.54) is 36.5 Å². The van der Waals surface area contributed by atoms with Gasteiger partial charge in [-0.3, -0.25) is 0 Å². The Morgan fingerprint density at radius 1 is 1.29 bits per heavy atom. The summed E-state index contributed by atoms with van der Waals surface area (Å²) in [6.07, 6.45) is 4.17. The maximum absolute atomic E-state index is 12.9. The van der Waals surface area contributed by atoms with E-state index in [9.17, 15) is 4.39 Å². The van der Waals surface area contributed by atoms with Gasteiger partial charge >= 0.3 is 0 Å². The zero-order chi connectivity index (χ0) is 11.7. The van der Waals surface area contributed by atoms with Gasteiger partial charge in [-0.15, -0.1) is 5.10 Å². The third-order valence-electron chi connectivity index (χ3n) is 2.98. The van der Waals surface area contributed by atoms with Crippen LogP contribution in [0, 0.1) is 11.7 Å². The molecule has 2 aromatic rings. The smallest absolute Gasteiger partial charge is 0.130 e. The first-order valence-electron chi connectivity index (χ1n) is 5.62. The summed E-state index contributed by atoms with van der Waals surface area (Å²) in [5, 5.41) is 8.20. The molecule has 0 saturated heterocycles. The highest BCUT2D eigenvalue weighted by Gasteiger charge is 2.32. The topological polar surface area (TPSA) is 37.8 Å². The first-order valence-corrected chi connectivity index (χ1v) is 6.39. The summed E-state index contributed by atoms with van der Waals surface area (Å²) in [6.45, 7) is 0. The van der Waals surface area contributed by atoms with Crippen molar-refractivity contribution in [3.8, 4) is 0 Å². The predicted octanol–water partition coefficient (Wildman–Crippen LogP) is 3.24. The molecule has 1 atom stereocenters. The van der Waals surface area contributed by atoms with Crippen molar-refractivity contribution < 1.29 is 4.39 Å². The standard InChI is InChI=1S/C12H12FN3S/c13-10-5-3-9(4-6-10)12(8-1-2-8)15-11-7-14-16-17-11/h3-8,12,15H,1-2H2. The third kappa shape index (κ3) is 2.44. The summed E-state index contributed by atoms with van der Waals surface area (Å²) in [7, 11) is 0. The molecule has 0 amide bonds. The van der Waals surface area contributed by atoms with E-state index < -0.39 is 0 Å². The molecule has 0 radical (unpaired) electrons. The van der Waals surface area contributed by atoms with Crippen LogP contribution in [0.25, 0.3) is 0 Å². The van der Waals surface area contributed by atoms with Crippen molar-refractivity contribution >= 4 is 16.5 Å². The minimum Gasteiger partial charge on any atom is -0.367 e. The molecule has 1 aromatic heterocycles. The molecule has 1 aliphatic carbocycles. The van der Waals surface area contributed by atoms with Crippen LogP contribution in [0.15, 0.2) is 30.5 Å². The van der Waals surface area contributed by atoms with E-state index in [0.29, 0.717) is 5.92 Å². The van der Waals surface area contributed by atoms with Gasteiger partial charge in [-0.1, -0.05) is 16.6 Å². The van der Waals surface area contributed by atoms with Gasteiger partial charge in [-0.2, -0.15) is 0 Å². The van der Waals surface area contributed by atoms with E-state index >= 15 is 0 Å². The van der Waals surface area contributed by atoms with Crippen molar-refractivity contribution in [2.45, 2.75) is 18.9 Å². The van der Waals surface area contributed by atoms with Gasteiger partial charge in [0.15, 0.2) is 0 Å². The summed E-state index contributed by atoms with van der Waals surface area (Å²) in [6, 6.07) is 6.96. The second-order valence-corrected chi connectivity index (χ2v) is 5.08. The van der Waals surface area contributed by atoms with E-state index in [-0.39, 0.29) is 11.9 Å². The summed E-state index contributed by atoms with van der Waals surface area (Å²) in [5.41, 5.74) is 1.13. The van der Waals surface area contributed by atoms with Gasteiger partial charge in [0.05, 0.1) is 12.2 Å². The molecule has 17 heavy (non-hydrogen) atoms. The number of rotatable bonds is 4. The average molecular weight is 249 g/mol. The number of nitrogens with zero attached hydrogens (tertiary/aromatic N) is 2. The Bertz CT molecular complexity index is 479. The lowest BCUT2D eigenvalue weighted by Gasteiger charge is -2.18. The summed E-state index contributed by atoms with van der Waals surface area (Å²) >= 11 is 1.35. The average Bonchev–Trinajstić information content (AvgIpc) is 3.05. The summed E-state index contributed by atoms with van der Waals surface area (Å²) < 4.78 is 16.7. The third-order valence-corrected chi connectivity index (χ3v) is 3.58. The molecule has 0 aliphatic heterocycles. The predicted molar refractivity (Wildman–Crippen MR) is 65.4 cm³/mol. The molecule has 3 nitrogen and oxygen atoms in total. The molecule has 3 rings (SSSR count). The summed E-state index contributed by atoms with van der Waals surface area (Å²) in [4.78, 5) is 0. The minimum absolute atomic E-state index is 0.192. The normalized spacial score (nSPS) is 16.8. The molecule has 1 N–H and O–H groups in total. The first kappa shape index (κ1) is 10.7. The molecule has 1 aromatic carbocycles. The van der Waals surface area contributed by atoms with Crippen LogP contribution in [0.2, 0.25) is 0 Å². The Labute approximate surface area is 103 Å². The Hall–Kier alpha value is -1.49. The minimum atomic E-state index is -0.192. The van der Waals surface area contributed by atoms with Crippen LogP contribution >= 0.6 is 11.5 Å². The number of nitrogens with one attached hydrogen (secondary N) is 1. The quantitative estimate of drug-likeness (QED) is 0.904. The van der Waals surface area contributed by atoms with E-state index in [1.54, 1.807) is 6.20 Å². The van der Waals surface area contributed by atoms with Crippen LogP contribution in [-0.2, 0) is 0 Å². The van der Waals surface area contributed by atoms with Gasteiger partial charge in [0.25, 0.3) is 0 Å². The van der Waals surface area contributed by atoms with Crippen molar-refractivity contribution in [2.75, 3.05) is 5.32 Å². The van der Waals surface area contributed by atoms with Crippen LogP contribution in [0.1, 0.15) is 24.4 Å². The maximum atomic E-state index is 12.9. The fourth-order valence-corrected chi connectivity index (χ4v) is 2.41. The highest BCUT2D eigenvalue weighted by atomic mass is 32.1. The molecule has 88 valence electrons. The number of benzene rings is 1. The van der Waals surface area contributed by atoms with Crippen LogP contribution in [0.3, 0.4) is 0 Å². The van der Waals surface area contributed by atoms with Crippen molar-refractivity contribution in [1.82, 2.24) is 9.59 Å². The fraction of sp³-hybridized carbons (Fsp3) is 0.333.